The van der Waals surface area contributed by atoms with Gasteiger partial charge in [-0.1, -0.05) is 26.0 Å². The van der Waals surface area contributed by atoms with Gasteiger partial charge in [0.2, 0.25) is 0 Å². The van der Waals surface area contributed by atoms with E-state index in [4.69, 9.17) is 4.74 Å². The van der Waals surface area contributed by atoms with Crippen LogP contribution in [-0.4, -0.2) is 48.2 Å². The third-order valence-corrected chi connectivity index (χ3v) is 4.55. The average molecular weight is 348 g/mol. The third kappa shape index (κ3) is 6.67. The molecule has 2 atom stereocenters. The number of carbonyl (C=O) groups excluding carboxylic acids is 1. The molecule has 0 aromatic heterocycles. The van der Waals surface area contributed by atoms with Gasteiger partial charge in [0.25, 0.3) is 5.91 Å². The van der Waals surface area contributed by atoms with Crippen molar-refractivity contribution in [1.82, 2.24) is 10.2 Å². The number of benzene rings is 1. The molecule has 1 aromatic rings. The molecule has 0 spiro atoms. The Bertz CT molecular complexity index is 547. The van der Waals surface area contributed by atoms with Crippen LogP contribution < -0.4 is 10.1 Å². The predicted molar refractivity (Wildman–Crippen MR) is 99.5 cm³/mol. The first-order valence-electron chi connectivity index (χ1n) is 9.34. The highest BCUT2D eigenvalue weighted by atomic mass is 16.5. The summed E-state index contributed by atoms with van der Waals surface area (Å²) in [6, 6.07) is 7.20. The summed E-state index contributed by atoms with van der Waals surface area (Å²) in [6.45, 7) is 10.3. The number of aliphatic hydroxyl groups is 1. The Labute approximate surface area is 151 Å². The molecule has 1 aromatic carbocycles. The fourth-order valence-electron chi connectivity index (χ4n) is 3.36. The highest BCUT2D eigenvalue weighted by Crippen LogP contribution is 2.18. The maximum atomic E-state index is 12.3. The number of ether oxygens (including phenoxy) is 1. The molecule has 2 N–H and O–H groups in total. The van der Waals surface area contributed by atoms with Crippen molar-refractivity contribution in [2.75, 3.05) is 26.2 Å². The van der Waals surface area contributed by atoms with Crippen molar-refractivity contribution >= 4 is 5.91 Å². The number of carbonyl (C=O) groups is 1. The smallest absolute Gasteiger partial charge is 0.260 e. The zero-order valence-electron chi connectivity index (χ0n) is 15.7. The number of rotatable bonds is 8. The first-order valence-corrected chi connectivity index (χ1v) is 9.34. The first-order chi connectivity index (χ1) is 12.0. The van der Waals surface area contributed by atoms with E-state index in [2.05, 4.69) is 24.1 Å². The molecule has 0 radical (unpaired) electrons. The van der Waals surface area contributed by atoms with Crippen LogP contribution >= 0.6 is 0 Å². The molecule has 1 aliphatic rings. The minimum atomic E-state index is -0.552. The van der Waals surface area contributed by atoms with Crippen LogP contribution in [0.3, 0.4) is 0 Å². The zero-order valence-corrected chi connectivity index (χ0v) is 15.7. The molecule has 0 bridgehead atoms. The molecule has 5 heteroatoms. The van der Waals surface area contributed by atoms with Gasteiger partial charge in [0.15, 0.2) is 6.10 Å². The largest absolute Gasteiger partial charge is 0.481 e. The van der Waals surface area contributed by atoms with Gasteiger partial charge < -0.3 is 20.1 Å². The molecule has 0 saturated carbocycles. The van der Waals surface area contributed by atoms with Crippen molar-refractivity contribution in [3.8, 4) is 5.75 Å². The van der Waals surface area contributed by atoms with E-state index in [1.54, 1.807) is 19.1 Å². The van der Waals surface area contributed by atoms with Gasteiger partial charge in [-0.15, -0.1) is 0 Å². The molecule has 2 rings (SSSR count). The normalized spacial score (nSPS) is 19.6. The molecule has 1 aliphatic heterocycles. The Balaban J connectivity index is 1.77. The van der Waals surface area contributed by atoms with Gasteiger partial charge in [-0.2, -0.15) is 0 Å². The highest BCUT2D eigenvalue weighted by Gasteiger charge is 2.22. The predicted octanol–water partition coefficient (Wildman–Crippen LogP) is 2.43. The van der Waals surface area contributed by atoms with E-state index >= 15 is 0 Å². The Morgan fingerprint density at radius 1 is 1.40 bits per heavy atom. The Hall–Kier alpha value is -1.59. The minimum absolute atomic E-state index is 0.0354. The molecule has 1 amide bonds. The number of amides is 1. The molecule has 5 nitrogen and oxygen atoms in total. The molecule has 25 heavy (non-hydrogen) atoms. The van der Waals surface area contributed by atoms with Crippen molar-refractivity contribution in [2.45, 2.75) is 46.3 Å². The van der Waals surface area contributed by atoms with Crippen LogP contribution in [0.4, 0.5) is 0 Å². The second kappa shape index (κ2) is 9.78. The van der Waals surface area contributed by atoms with Gasteiger partial charge in [-0.05, 0) is 55.8 Å². The van der Waals surface area contributed by atoms with E-state index in [0.717, 1.165) is 18.7 Å². The Morgan fingerprint density at radius 3 is 2.92 bits per heavy atom. The van der Waals surface area contributed by atoms with E-state index in [-0.39, 0.29) is 12.5 Å². The van der Waals surface area contributed by atoms with Gasteiger partial charge in [0.1, 0.15) is 5.75 Å². The lowest BCUT2D eigenvalue weighted by molar-refractivity contribution is -0.127. The lowest BCUT2D eigenvalue weighted by Gasteiger charge is -2.34. The van der Waals surface area contributed by atoms with Gasteiger partial charge in [0.05, 0.1) is 6.61 Å². The summed E-state index contributed by atoms with van der Waals surface area (Å²) in [7, 11) is 0. The van der Waals surface area contributed by atoms with E-state index in [1.165, 1.54) is 19.4 Å². The summed E-state index contributed by atoms with van der Waals surface area (Å²) in [5.41, 5.74) is 0.776. The molecule has 1 saturated heterocycles. The second-order valence-electron chi connectivity index (χ2n) is 7.47. The fourth-order valence-corrected chi connectivity index (χ4v) is 3.36. The van der Waals surface area contributed by atoms with Crippen molar-refractivity contribution in [3.05, 3.63) is 29.8 Å². The topological polar surface area (TPSA) is 61.8 Å². The quantitative estimate of drug-likeness (QED) is 0.757. The first kappa shape index (κ1) is 19.7. The summed E-state index contributed by atoms with van der Waals surface area (Å²) >= 11 is 0. The number of aliphatic hydroxyl groups excluding tert-OH is 1. The number of hydrogen-bond donors (Lipinski definition) is 2. The van der Waals surface area contributed by atoms with Gasteiger partial charge in [-0.25, -0.2) is 0 Å². The summed E-state index contributed by atoms with van der Waals surface area (Å²) in [5, 5.41) is 12.2. The summed E-state index contributed by atoms with van der Waals surface area (Å²) in [5.74, 6) is 1.71. The molecular formula is C20H32N2O3. The monoisotopic (exact) mass is 348 g/mol. The van der Waals surface area contributed by atoms with Crippen LogP contribution in [0.25, 0.3) is 0 Å². The van der Waals surface area contributed by atoms with Crippen LogP contribution in [0.2, 0.25) is 0 Å². The SMILES string of the molecule is CC(C)CN1CCCC(CNC(=O)C(C)Oc2cccc(CO)c2)C1. The van der Waals surface area contributed by atoms with Gasteiger partial charge in [0, 0.05) is 19.6 Å². The standard InChI is InChI=1S/C20H32N2O3/c1-15(2)12-22-9-5-7-18(13-22)11-21-20(24)16(3)25-19-8-4-6-17(10-19)14-23/h4,6,8,10,15-16,18,23H,5,7,9,11-14H2,1-3H3,(H,21,24). The fraction of sp³-hybridized carbons (Fsp3) is 0.650. The highest BCUT2D eigenvalue weighted by molar-refractivity contribution is 5.80. The summed E-state index contributed by atoms with van der Waals surface area (Å²) < 4.78 is 5.70. The molecule has 1 fully saturated rings. The van der Waals surface area contributed by atoms with E-state index in [0.29, 0.717) is 24.1 Å². The number of hydrogen-bond acceptors (Lipinski definition) is 4. The van der Waals surface area contributed by atoms with E-state index < -0.39 is 6.10 Å². The van der Waals surface area contributed by atoms with Crippen LogP contribution in [0, 0.1) is 11.8 Å². The van der Waals surface area contributed by atoms with Crippen molar-refractivity contribution in [2.24, 2.45) is 11.8 Å². The number of piperidine rings is 1. The maximum Gasteiger partial charge on any atom is 0.260 e. The van der Waals surface area contributed by atoms with Crippen LogP contribution in [-0.2, 0) is 11.4 Å². The van der Waals surface area contributed by atoms with Gasteiger partial charge in [-0.3, -0.25) is 4.79 Å². The van der Waals surface area contributed by atoms with Crippen molar-refractivity contribution in [3.63, 3.8) is 0 Å². The van der Waals surface area contributed by atoms with Crippen molar-refractivity contribution < 1.29 is 14.6 Å². The Morgan fingerprint density at radius 2 is 2.20 bits per heavy atom. The van der Waals surface area contributed by atoms with E-state index in [1.807, 2.05) is 12.1 Å². The zero-order chi connectivity index (χ0) is 18.2. The molecular weight excluding hydrogens is 316 g/mol. The average Bonchev–Trinajstić information content (AvgIpc) is 2.59. The van der Waals surface area contributed by atoms with Crippen LogP contribution in [0.5, 0.6) is 5.75 Å². The molecule has 0 aliphatic carbocycles. The molecule has 140 valence electrons. The lowest BCUT2D eigenvalue weighted by atomic mass is 9.97. The number of nitrogens with one attached hydrogen (secondary N) is 1. The van der Waals surface area contributed by atoms with Crippen LogP contribution in [0.1, 0.15) is 39.2 Å². The summed E-state index contributed by atoms with van der Waals surface area (Å²) in [4.78, 5) is 14.8. The Kier molecular flexibility index (Phi) is 7.72. The second-order valence-corrected chi connectivity index (χ2v) is 7.47. The van der Waals surface area contributed by atoms with Gasteiger partial charge >= 0.3 is 0 Å². The molecule has 1 heterocycles. The maximum absolute atomic E-state index is 12.3. The van der Waals surface area contributed by atoms with E-state index in [9.17, 15) is 9.90 Å². The number of likely N-dealkylation sites (tertiary alicyclic amines) is 1. The lowest BCUT2D eigenvalue weighted by Crippen LogP contribution is -2.44. The minimum Gasteiger partial charge on any atom is -0.481 e. The third-order valence-electron chi connectivity index (χ3n) is 4.55. The molecule has 2 unspecified atom stereocenters. The van der Waals surface area contributed by atoms with Crippen molar-refractivity contribution in [1.29, 1.82) is 0 Å². The number of nitrogens with zero attached hydrogens (tertiary/aromatic N) is 1. The summed E-state index contributed by atoms with van der Waals surface area (Å²) in [6.07, 6.45) is 1.82. The van der Waals surface area contributed by atoms with Crippen LogP contribution in [0.15, 0.2) is 24.3 Å².